The van der Waals surface area contributed by atoms with Crippen molar-refractivity contribution in [3.8, 4) is 0 Å². The van der Waals surface area contributed by atoms with Crippen LogP contribution in [0.4, 0.5) is 5.13 Å². The van der Waals surface area contributed by atoms with Crippen LogP contribution in [0.1, 0.15) is 10.4 Å². The van der Waals surface area contributed by atoms with Gasteiger partial charge in [0.15, 0.2) is 5.13 Å². The Labute approximate surface area is 111 Å². The molecule has 19 heavy (non-hydrogen) atoms. The van der Waals surface area contributed by atoms with Crippen molar-refractivity contribution in [3.05, 3.63) is 58.1 Å². The van der Waals surface area contributed by atoms with Gasteiger partial charge in [0.2, 0.25) is 0 Å². The summed E-state index contributed by atoms with van der Waals surface area (Å²) in [5.74, 6) is -0.509. The molecule has 0 bridgehead atoms. The van der Waals surface area contributed by atoms with Gasteiger partial charge in [0.25, 0.3) is 11.5 Å². The van der Waals surface area contributed by atoms with Gasteiger partial charge in [0.05, 0.1) is 0 Å². The number of carbonyl (C=O) groups excluding carboxylic acids is 1. The molecule has 0 radical (unpaired) electrons. The summed E-state index contributed by atoms with van der Waals surface area (Å²) >= 11 is 1.28. The molecule has 1 N–H and O–H groups in total. The van der Waals surface area contributed by atoms with Crippen molar-refractivity contribution in [2.24, 2.45) is 0 Å². The van der Waals surface area contributed by atoms with Crippen molar-refractivity contribution in [2.45, 2.75) is 0 Å². The minimum absolute atomic E-state index is 0.0149. The lowest BCUT2D eigenvalue weighted by Gasteiger charge is -2.03. The first-order valence-corrected chi connectivity index (χ1v) is 6.31. The number of amides is 1. The molecule has 3 aromatic rings. The molecule has 3 rings (SSSR count). The van der Waals surface area contributed by atoms with E-state index in [1.807, 2.05) is 0 Å². The first-order valence-electron chi connectivity index (χ1n) is 5.43. The number of aromatic nitrogens is 3. The lowest BCUT2D eigenvalue weighted by atomic mass is 10.3. The number of hydrogen-bond acceptors (Lipinski definition) is 5. The van der Waals surface area contributed by atoms with Gasteiger partial charge in [-0.25, -0.2) is 9.97 Å². The summed E-state index contributed by atoms with van der Waals surface area (Å²) in [6, 6.07) is 5.18. The molecule has 0 saturated heterocycles. The Morgan fingerprint density at radius 3 is 3.00 bits per heavy atom. The SMILES string of the molecule is O=C(Nc1nccs1)c1cnc2ccccn2c1=O. The van der Waals surface area contributed by atoms with Gasteiger partial charge >= 0.3 is 0 Å². The number of nitrogens with zero attached hydrogens (tertiary/aromatic N) is 3. The Morgan fingerprint density at radius 2 is 2.21 bits per heavy atom. The van der Waals surface area contributed by atoms with Gasteiger partial charge in [-0.3, -0.25) is 19.3 Å². The number of hydrogen-bond donors (Lipinski definition) is 1. The third-order valence-electron chi connectivity index (χ3n) is 2.51. The van der Waals surface area contributed by atoms with Crippen LogP contribution in [-0.2, 0) is 0 Å². The monoisotopic (exact) mass is 272 g/mol. The number of rotatable bonds is 2. The summed E-state index contributed by atoms with van der Waals surface area (Å²) in [6.07, 6.45) is 4.43. The topological polar surface area (TPSA) is 76.4 Å². The average Bonchev–Trinajstić information content (AvgIpc) is 2.92. The predicted octanol–water partition coefficient (Wildman–Crippen LogP) is 1.40. The molecule has 7 heteroatoms. The van der Waals surface area contributed by atoms with Crippen LogP contribution in [0.3, 0.4) is 0 Å². The molecule has 6 nitrogen and oxygen atoms in total. The summed E-state index contributed by atoms with van der Waals surface area (Å²) in [5, 5.41) is 4.74. The van der Waals surface area contributed by atoms with Crippen LogP contribution in [-0.4, -0.2) is 20.3 Å². The number of thiazole rings is 1. The maximum absolute atomic E-state index is 12.1. The van der Waals surface area contributed by atoms with E-state index in [4.69, 9.17) is 0 Å². The standard InChI is InChI=1S/C12H8N4O2S/c17-10(15-12-13-4-6-19-12)8-7-14-9-3-1-2-5-16(9)11(8)18/h1-7H,(H,13,15,17). The third kappa shape index (κ3) is 2.11. The zero-order valence-corrected chi connectivity index (χ0v) is 10.4. The van der Waals surface area contributed by atoms with Crippen LogP contribution in [0.15, 0.2) is 47.0 Å². The first-order chi connectivity index (χ1) is 9.25. The second-order valence-corrected chi connectivity index (χ2v) is 4.59. The lowest BCUT2D eigenvalue weighted by molar-refractivity contribution is 0.102. The second-order valence-electron chi connectivity index (χ2n) is 3.70. The molecule has 0 aliphatic heterocycles. The molecule has 0 atom stereocenters. The highest BCUT2D eigenvalue weighted by molar-refractivity contribution is 7.13. The molecule has 3 heterocycles. The maximum atomic E-state index is 12.1. The number of nitrogens with one attached hydrogen (secondary N) is 1. The second kappa shape index (κ2) is 4.62. The molecule has 0 saturated carbocycles. The molecule has 0 spiro atoms. The van der Waals surface area contributed by atoms with E-state index in [1.165, 1.54) is 21.9 Å². The Hall–Kier alpha value is -2.54. The van der Waals surface area contributed by atoms with Crippen molar-refractivity contribution in [2.75, 3.05) is 5.32 Å². The third-order valence-corrected chi connectivity index (χ3v) is 3.20. The summed E-state index contributed by atoms with van der Waals surface area (Å²) in [6.45, 7) is 0. The van der Waals surface area contributed by atoms with Crippen molar-refractivity contribution < 1.29 is 4.79 Å². The van der Waals surface area contributed by atoms with Crippen LogP contribution in [0, 0.1) is 0 Å². The largest absolute Gasteiger partial charge is 0.298 e. The van der Waals surface area contributed by atoms with E-state index in [9.17, 15) is 9.59 Å². The van der Waals surface area contributed by atoms with Gasteiger partial charge in [-0.1, -0.05) is 6.07 Å². The minimum Gasteiger partial charge on any atom is -0.298 e. The number of anilines is 1. The zero-order valence-electron chi connectivity index (χ0n) is 9.61. The van der Waals surface area contributed by atoms with Crippen LogP contribution in [0.2, 0.25) is 0 Å². The molecule has 0 aliphatic carbocycles. The molecule has 3 aromatic heterocycles. The number of pyridine rings is 1. The molecule has 94 valence electrons. The highest BCUT2D eigenvalue weighted by Crippen LogP contribution is 2.11. The van der Waals surface area contributed by atoms with Crippen LogP contribution in [0.5, 0.6) is 0 Å². The smallest absolute Gasteiger partial charge is 0.270 e. The van der Waals surface area contributed by atoms with Gasteiger partial charge in [-0.2, -0.15) is 0 Å². The summed E-state index contributed by atoms with van der Waals surface area (Å²) in [4.78, 5) is 32.1. The Kier molecular flexibility index (Phi) is 2.81. The van der Waals surface area contributed by atoms with Crippen LogP contribution >= 0.6 is 11.3 Å². The number of carbonyl (C=O) groups is 1. The highest BCUT2D eigenvalue weighted by atomic mass is 32.1. The molecule has 1 amide bonds. The first kappa shape index (κ1) is 11.5. The van der Waals surface area contributed by atoms with Crippen molar-refractivity contribution in [3.63, 3.8) is 0 Å². The molecule has 0 fully saturated rings. The maximum Gasteiger partial charge on any atom is 0.270 e. The van der Waals surface area contributed by atoms with E-state index in [0.29, 0.717) is 10.8 Å². The molecular formula is C12H8N4O2S. The van der Waals surface area contributed by atoms with Crippen LogP contribution in [0.25, 0.3) is 5.65 Å². The zero-order chi connectivity index (χ0) is 13.2. The van der Waals surface area contributed by atoms with E-state index >= 15 is 0 Å². The van der Waals surface area contributed by atoms with Crippen molar-refractivity contribution >= 4 is 28.0 Å². The normalized spacial score (nSPS) is 10.5. The predicted molar refractivity (Wildman–Crippen MR) is 71.5 cm³/mol. The highest BCUT2D eigenvalue weighted by Gasteiger charge is 2.13. The van der Waals surface area contributed by atoms with Gasteiger partial charge in [-0.15, -0.1) is 11.3 Å². The number of fused-ring (bicyclic) bond motifs is 1. The van der Waals surface area contributed by atoms with E-state index in [2.05, 4.69) is 15.3 Å². The molecule has 0 unspecified atom stereocenters. The molecule has 0 aliphatic rings. The van der Waals surface area contributed by atoms with Gasteiger partial charge < -0.3 is 0 Å². The van der Waals surface area contributed by atoms with Gasteiger partial charge in [-0.05, 0) is 12.1 Å². The fourth-order valence-corrected chi connectivity index (χ4v) is 2.16. The minimum atomic E-state index is -0.509. The van der Waals surface area contributed by atoms with Crippen molar-refractivity contribution in [1.82, 2.24) is 14.4 Å². The van der Waals surface area contributed by atoms with E-state index in [0.717, 1.165) is 0 Å². The van der Waals surface area contributed by atoms with Crippen molar-refractivity contribution in [1.29, 1.82) is 0 Å². The Bertz CT molecular complexity index is 795. The molecule has 0 aromatic carbocycles. The fourth-order valence-electron chi connectivity index (χ4n) is 1.63. The summed E-state index contributed by atoms with van der Waals surface area (Å²) in [7, 11) is 0. The lowest BCUT2D eigenvalue weighted by Crippen LogP contribution is -2.26. The van der Waals surface area contributed by atoms with Crippen LogP contribution < -0.4 is 10.9 Å². The van der Waals surface area contributed by atoms with Gasteiger partial charge in [0.1, 0.15) is 11.2 Å². The summed E-state index contributed by atoms with van der Waals surface area (Å²) in [5.41, 5.74) is 0.0804. The fraction of sp³-hybridized carbons (Fsp3) is 0. The van der Waals surface area contributed by atoms with E-state index < -0.39 is 11.5 Å². The molecular weight excluding hydrogens is 264 g/mol. The quantitative estimate of drug-likeness (QED) is 0.765. The van der Waals surface area contributed by atoms with E-state index in [1.54, 1.807) is 36.0 Å². The summed E-state index contributed by atoms with van der Waals surface area (Å²) < 4.78 is 1.33. The average molecular weight is 272 g/mol. The van der Waals surface area contributed by atoms with E-state index in [-0.39, 0.29) is 5.56 Å². The Balaban J connectivity index is 2.03. The Morgan fingerprint density at radius 1 is 1.32 bits per heavy atom. The van der Waals surface area contributed by atoms with Gasteiger partial charge in [0, 0.05) is 24.0 Å².